The summed E-state index contributed by atoms with van der Waals surface area (Å²) in [4.78, 5) is 0. The van der Waals surface area contributed by atoms with Crippen LogP contribution in [0.5, 0.6) is 0 Å². The van der Waals surface area contributed by atoms with Gasteiger partial charge in [-0.05, 0) is 38.3 Å². The van der Waals surface area contributed by atoms with Crippen molar-refractivity contribution in [3.05, 3.63) is 23.3 Å². The number of hydrogen-bond donors (Lipinski definition) is 2. The van der Waals surface area contributed by atoms with Gasteiger partial charge in [-0.3, -0.25) is 0 Å². The molecular formula is C17H20O4. The van der Waals surface area contributed by atoms with E-state index in [0.717, 1.165) is 24.0 Å². The molecule has 112 valence electrons. The maximum Gasteiger partial charge on any atom is 0.163 e. The van der Waals surface area contributed by atoms with Crippen molar-refractivity contribution < 1.29 is 19.7 Å². The maximum atomic E-state index is 10.1. The summed E-state index contributed by atoms with van der Waals surface area (Å²) in [7, 11) is 0. The predicted molar refractivity (Wildman–Crippen MR) is 78.9 cm³/mol. The van der Waals surface area contributed by atoms with Gasteiger partial charge in [-0.15, -0.1) is 6.42 Å². The van der Waals surface area contributed by atoms with E-state index in [4.69, 9.17) is 15.9 Å². The number of allylic oxidation sites excluding steroid dienone is 4. The Morgan fingerprint density at radius 3 is 2.86 bits per heavy atom. The van der Waals surface area contributed by atoms with Crippen molar-refractivity contribution >= 4 is 0 Å². The minimum atomic E-state index is -1.19. The average Bonchev–Trinajstić information content (AvgIpc) is 3.02. The lowest BCUT2D eigenvalue weighted by Gasteiger charge is -2.21. The molecule has 3 atom stereocenters. The second kappa shape index (κ2) is 6.47. The van der Waals surface area contributed by atoms with E-state index in [1.165, 1.54) is 0 Å². The van der Waals surface area contributed by atoms with E-state index in [0.29, 0.717) is 0 Å². The molecule has 0 aromatic carbocycles. The molecule has 2 rings (SSSR count). The molecule has 0 spiro atoms. The van der Waals surface area contributed by atoms with Crippen LogP contribution in [0.15, 0.2) is 23.3 Å². The van der Waals surface area contributed by atoms with Crippen molar-refractivity contribution in [2.24, 2.45) is 0 Å². The Hall–Kier alpha value is -1.56. The van der Waals surface area contributed by atoms with Crippen molar-refractivity contribution in [3.63, 3.8) is 0 Å². The third-order valence-electron chi connectivity index (χ3n) is 3.46. The fraction of sp³-hybridized carbons (Fsp3) is 0.529. The van der Waals surface area contributed by atoms with Gasteiger partial charge in [0.1, 0.15) is 18.3 Å². The van der Waals surface area contributed by atoms with Gasteiger partial charge in [-0.1, -0.05) is 23.8 Å². The summed E-state index contributed by atoms with van der Waals surface area (Å²) >= 11 is 0. The van der Waals surface area contributed by atoms with Gasteiger partial charge in [-0.25, -0.2) is 0 Å². The highest BCUT2D eigenvalue weighted by Gasteiger charge is 2.39. The van der Waals surface area contributed by atoms with Crippen molar-refractivity contribution in [1.82, 2.24) is 0 Å². The Morgan fingerprint density at radius 1 is 1.48 bits per heavy atom. The summed E-state index contributed by atoms with van der Waals surface area (Å²) in [5.41, 5.74) is 1.82. The van der Waals surface area contributed by atoms with E-state index >= 15 is 0 Å². The highest BCUT2D eigenvalue weighted by atomic mass is 16.7. The molecule has 2 N–H and O–H groups in total. The number of ether oxygens (including phenoxy) is 2. The molecule has 4 nitrogen and oxygen atoms in total. The van der Waals surface area contributed by atoms with Gasteiger partial charge >= 0.3 is 0 Å². The first-order chi connectivity index (χ1) is 9.93. The molecule has 4 heteroatoms. The third-order valence-corrected chi connectivity index (χ3v) is 3.46. The zero-order valence-corrected chi connectivity index (χ0v) is 12.3. The first-order valence-corrected chi connectivity index (χ1v) is 6.98. The third kappa shape index (κ3) is 3.97. The maximum absolute atomic E-state index is 10.1. The standard InChI is InChI=1S/C17H20O4/c1-4-6-12-7-5-8-13(12)9-10-14(18)16(19)15-11-20-17(2,3)21-15/h1,6,8,14-16,18-19H,5,7,11H2,2-3H3/t14-,15+,16?/m0/s1. The van der Waals surface area contributed by atoms with Crippen LogP contribution >= 0.6 is 0 Å². The fourth-order valence-electron chi connectivity index (χ4n) is 2.34. The lowest BCUT2D eigenvalue weighted by molar-refractivity contribution is -0.157. The molecule has 21 heavy (non-hydrogen) atoms. The molecule has 0 aromatic rings. The molecule has 0 amide bonds. The summed E-state index contributed by atoms with van der Waals surface area (Å²) in [6, 6.07) is 0. The summed E-state index contributed by atoms with van der Waals surface area (Å²) in [6.07, 6.45) is 7.80. The van der Waals surface area contributed by atoms with Crippen LogP contribution in [0, 0.1) is 24.2 Å². The van der Waals surface area contributed by atoms with E-state index < -0.39 is 24.1 Å². The van der Waals surface area contributed by atoms with Gasteiger partial charge in [0, 0.05) is 5.57 Å². The molecule has 1 aliphatic carbocycles. The predicted octanol–water partition coefficient (Wildman–Crippen LogP) is 1.14. The van der Waals surface area contributed by atoms with E-state index in [1.807, 2.05) is 6.08 Å². The number of aliphatic hydroxyl groups excluding tert-OH is 2. The smallest absolute Gasteiger partial charge is 0.163 e. The van der Waals surface area contributed by atoms with Crippen LogP contribution in [-0.4, -0.2) is 40.9 Å². The van der Waals surface area contributed by atoms with Crippen molar-refractivity contribution in [2.75, 3.05) is 6.61 Å². The molecule has 1 aliphatic heterocycles. The zero-order chi connectivity index (χ0) is 15.5. The molecule has 1 unspecified atom stereocenters. The van der Waals surface area contributed by atoms with Crippen LogP contribution < -0.4 is 0 Å². The van der Waals surface area contributed by atoms with Crippen molar-refractivity contribution in [2.45, 2.75) is 50.8 Å². The second-order valence-electron chi connectivity index (χ2n) is 5.56. The van der Waals surface area contributed by atoms with Crippen LogP contribution in [0.1, 0.15) is 26.7 Å². The van der Waals surface area contributed by atoms with E-state index in [1.54, 1.807) is 19.9 Å². The van der Waals surface area contributed by atoms with E-state index in [2.05, 4.69) is 17.8 Å². The molecule has 1 saturated heterocycles. The molecule has 0 radical (unpaired) electrons. The van der Waals surface area contributed by atoms with Crippen LogP contribution in [0.4, 0.5) is 0 Å². The molecule has 0 aromatic heterocycles. The molecule has 2 aliphatic rings. The lowest BCUT2D eigenvalue weighted by atomic mass is 10.1. The number of hydrogen-bond acceptors (Lipinski definition) is 4. The summed E-state index contributed by atoms with van der Waals surface area (Å²) in [5, 5.41) is 20.0. The van der Waals surface area contributed by atoms with Crippen LogP contribution in [0.2, 0.25) is 0 Å². The van der Waals surface area contributed by atoms with Gasteiger partial charge < -0.3 is 19.7 Å². The minimum Gasteiger partial charge on any atom is -0.387 e. The van der Waals surface area contributed by atoms with Gasteiger partial charge in [0.05, 0.1) is 6.61 Å². The SMILES string of the molecule is C#CC=C1CCC=C1C#C[C@H](O)C(O)[C@H]1COC(C)(C)O1. The van der Waals surface area contributed by atoms with E-state index in [-0.39, 0.29) is 6.61 Å². The Labute approximate surface area is 125 Å². The van der Waals surface area contributed by atoms with Gasteiger partial charge in [0.2, 0.25) is 0 Å². The zero-order valence-electron chi connectivity index (χ0n) is 12.3. The molecular weight excluding hydrogens is 268 g/mol. The van der Waals surface area contributed by atoms with Gasteiger partial charge in [0.25, 0.3) is 0 Å². The second-order valence-corrected chi connectivity index (χ2v) is 5.56. The van der Waals surface area contributed by atoms with Crippen LogP contribution in [0.25, 0.3) is 0 Å². The van der Waals surface area contributed by atoms with Gasteiger partial charge in [-0.2, -0.15) is 0 Å². The molecule has 0 bridgehead atoms. The molecule has 0 saturated carbocycles. The van der Waals surface area contributed by atoms with E-state index in [9.17, 15) is 10.2 Å². The molecule has 1 heterocycles. The minimum absolute atomic E-state index is 0.234. The van der Waals surface area contributed by atoms with Gasteiger partial charge in [0.15, 0.2) is 5.79 Å². The Balaban J connectivity index is 1.99. The fourth-order valence-corrected chi connectivity index (χ4v) is 2.34. The summed E-state index contributed by atoms with van der Waals surface area (Å²) < 4.78 is 10.9. The van der Waals surface area contributed by atoms with Crippen molar-refractivity contribution in [3.8, 4) is 24.2 Å². The monoisotopic (exact) mass is 288 g/mol. The number of rotatable bonds is 2. The topological polar surface area (TPSA) is 58.9 Å². The largest absolute Gasteiger partial charge is 0.387 e. The number of aliphatic hydroxyl groups is 2. The quantitative estimate of drug-likeness (QED) is 0.748. The first-order valence-electron chi connectivity index (χ1n) is 6.98. The first kappa shape index (κ1) is 15.8. The normalized spacial score (nSPS) is 28.4. The average molecular weight is 288 g/mol. The molecule has 1 fully saturated rings. The Morgan fingerprint density at radius 2 is 2.24 bits per heavy atom. The van der Waals surface area contributed by atoms with Crippen molar-refractivity contribution in [1.29, 1.82) is 0 Å². The highest BCUT2D eigenvalue weighted by molar-refractivity contribution is 5.51. The summed E-state index contributed by atoms with van der Waals surface area (Å²) in [6.45, 7) is 3.76. The Kier molecular flexibility index (Phi) is 4.88. The lowest BCUT2D eigenvalue weighted by Crippen LogP contribution is -2.39. The highest BCUT2D eigenvalue weighted by Crippen LogP contribution is 2.26. The summed E-state index contributed by atoms with van der Waals surface area (Å²) in [5.74, 6) is 7.29. The van der Waals surface area contributed by atoms with Crippen LogP contribution in [-0.2, 0) is 9.47 Å². The van der Waals surface area contributed by atoms with Crippen LogP contribution in [0.3, 0.4) is 0 Å². The number of terminal acetylenes is 1. The Bertz CT molecular complexity index is 554.